The molecule has 0 radical (unpaired) electrons. The minimum atomic E-state index is -0.424. The topological polar surface area (TPSA) is 109 Å². The van der Waals surface area contributed by atoms with E-state index < -0.39 is 5.82 Å². The van der Waals surface area contributed by atoms with Crippen molar-refractivity contribution in [2.45, 2.75) is 6.92 Å². The number of piperazine rings is 1. The monoisotopic (exact) mass is 463 g/mol. The van der Waals surface area contributed by atoms with Gasteiger partial charge in [0.25, 0.3) is 0 Å². The summed E-state index contributed by atoms with van der Waals surface area (Å²) in [5, 5.41) is 8.08. The fourth-order valence-electron chi connectivity index (χ4n) is 4.03. The number of hydrogen-bond acceptors (Lipinski definition) is 8. The molecule has 1 saturated heterocycles. The minimum absolute atomic E-state index is 0.0966. The Morgan fingerprint density at radius 2 is 2.03 bits per heavy atom. The maximum Gasteiger partial charge on any atom is 0.318 e. The van der Waals surface area contributed by atoms with Gasteiger partial charge in [0.1, 0.15) is 22.9 Å². The van der Waals surface area contributed by atoms with Gasteiger partial charge in [-0.3, -0.25) is 9.89 Å². The molecule has 1 N–H and O–H groups in total. The Morgan fingerprint density at radius 3 is 2.76 bits per heavy atom. The lowest BCUT2D eigenvalue weighted by atomic mass is 10.1. The highest BCUT2D eigenvalue weighted by Gasteiger charge is 2.25. The predicted octanol–water partition coefficient (Wildman–Crippen LogP) is 2.98. The third kappa shape index (κ3) is 3.64. The number of nitrogens with zero attached hydrogens (tertiary/aromatic N) is 6. The lowest BCUT2D eigenvalue weighted by Gasteiger charge is -2.35. The van der Waals surface area contributed by atoms with Gasteiger partial charge in [-0.15, -0.1) is 0 Å². The summed E-state index contributed by atoms with van der Waals surface area (Å²) in [5.41, 5.74) is 1.27. The molecule has 0 unspecified atom stereocenters. The predicted molar refractivity (Wildman–Crippen MR) is 124 cm³/mol. The van der Waals surface area contributed by atoms with Gasteiger partial charge in [-0.05, 0) is 19.1 Å². The van der Waals surface area contributed by atoms with Crippen molar-refractivity contribution in [3.63, 3.8) is 0 Å². The number of methoxy groups -OCH3 is 1. The van der Waals surface area contributed by atoms with Crippen LogP contribution >= 0.6 is 0 Å². The largest absolute Gasteiger partial charge is 0.467 e. The number of ether oxygens (including phenoxy) is 2. The zero-order valence-electron chi connectivity index (χ0n) is 18.7. The highest BCUT2D eigenvalue weighted by atomic mass is 19.1. The molecule has 4 heterocycles. The first-order valence-corrected chi connectivity index (χ1v) is 10.7. The maximum absolute atomic E-state index is 14.5. The van der Waals surface area contributed by atoms with Gasteiger partial charge < -0.3 is 19.3 Å². The van der Waals surface area contributed by atoms with E-state index in [9.17, 15) is 9.18 Å². The average Bonchev–Trinajstić information content (AvgIpc) is 3.33. The molecule has 1 aliphatic heterocycles. The molecule has 5 rings (SSSR count). The van der Waals surface area contributed by atoms with E-state index >= 15 is 0 Å². The van der Waals surface area contributed by atoms with E-state index in [2.05, 4.69) is 36.6 Å². The summed E-state index contributed by atoms with van der Waals surface area (Å²) in [7, 11) is 1.48. The van der Waals surface area contributed by atoms with Crippen LogP contribution in [0.15, 0.2) is 37.2 Å². The summed E-state index contributed by atoms with van der Waals surface area (Å²) in [4.78, 5) is 29.2. The highest BCUT2D eigenvalue weighted by molar-refractivity contribution is 5.94. The van der Waals surface area contributed by atoms with Gasteiger partial charge in [-0.2, -0.15) is 15.1 Å². The molecule has 1 aromatic carbocycles. The van der Waals surface area contributed by atoms with Crippen molar-refractivity contribution in [3.8, 4) is 17.6 Å². The van der Waals surface area contributed by atoms with E-state index in [4.69, 9.17) is 9.47 Å². The second kappa shape index (κ2) is 8.58. The van der Waals surface area contributed by atoms with Gasteiger partial charge in [0.05, 0.1) is 29.6 Å². The van der Waals surface area contributed by atoms with Crippen LogP contribution in [0, 0.1) is 12.7 Å². The number of fused-ring (bicyclic) bond motifs is 2. The van der Waals surface area contributed by atoms with E-state index in [0.717, 1.165) is 0 Å². The molecule has 10 nitrogen and oxygen atoms in total. The fourth-order valence-corrected chi connectivity index (χ4v) is 4.03. The summed E-state index contributed by atoms with van der Waals surface area (Å²) >= 11 is 0. The molecule has 1 fully saturated rings. The van der Waals surface area contributed by atoms with Gasteiger partial charge in [0, 0.05) is 44.0 Å². The van der Waals surface area contributed by atoms with Crippen LogP contribution < -0.4 is 14.4 Å². The third-order valence-electron chi connectivity index (χ3n) is 5.87. The summed E-state index contributed by atoms with van der Waals surface area (Å²) in [6, 6.07) is 3.32. The lowest BCUT2D eigenvalue weighted by Crippen LogP contribution is -2.48. The molecular formula is C23H22FN7O3. The number of carbonyl (C=O) groups excluding carboxylic acids is 1. The third-order valence-corrected chi connectivity index (χ3v) is 5.87. The summed E-state index contributed by atoms with van der Waals surface area (Å²) in [6.07, 6.45) is 4.49. The number of benzene rings is 1. The molecule has 0 spiro atoms. The van der Waals surface area contributed by atoms with Gasteiger partial charge >= 0.3 is 6.01 Å². The number of halogens is 1. The van der Waals surface area contributed by atoms with E-state index in [-0.39, 0.29) is 17.8 Å². The van der Waals surface area contributed by atoms with Crippen LogP contribution in [0.4, 0.5) is 10.2 Å². The molecule has 1 aliphatic rings. The van der Waals surface area contributed by atoms with Gasteiger partial charge in [-0.1, -0.05) is 6.58 Å². The van der Waals surface area contributed by atoms with Crippen LogP contribution in [0.3, 0.4) is 0 Å². The van der Waals surface area contributed by atoms with Crippen LogP contribution in [0.2, 0.25) is 0 Å². The van der Waals surface area contributed by atoms with Crippen LogP contribution in [-0.2, 0) is 4.79 Å². The van der Waals surface area contributed by atoms with Crippen molar-refractivity contribution < 1.29 is 18.7 Å². The smallest absolute Gasteiger partial charge is 0.318 e. The second-order valence-electron chi connectivity index (χ2n) is 7.81. The fraction of sp³-hybridized carbons (Fsp3) is 0.261. The summed E-state index contributed by atoms with van der Waals surface area (Å²) < 4.78 is 26.0. The van der Waals surface area contributed by atoms with Crippen molar-refractivity contribution in [2.75, 3.05) is 38.2 Å². The number of anilines is 1. The van der Waals surface area contributed by atoms with Crippen molar-refractivity contribution in [1.29, 1.82) is 0 Å². The SMILES string of the molecule is C=CC(=O)N1CCN(c2nc(OC)nc3c(Oc4c(C)c(F)cc5[nH]ncc45)nccc23)CC1. The first-order chi connectivity index (χ1) is 16.5. The Labute approximate surface area is 194 Å². The van der Waals surface area contributed by atoms with Crippen LogP contribution in [0.5, 0.6) is 17.6 Å². The number of H-pyrrole nitrogens is 1. The van der Waals surface area contributed by atoms with Crippen molar-refractivity contribution in [3.05, 3.63) is 48.6 Å². The molecule has 0 atom stereocenters. The lowest BCUT2D eigenvalue weighted by molar-refractivity contribution is -0.126. The number of amides is 1. The Bertz CT molecular complexity index is 1410. The van der Waals surface area contributed by atoms with Crippen molar-refractivity contribution >= 4 is 33.5 Å². The van der Waals surface area contributed by atoms with Gasteiger partial charge in [0.15, 0.2) is 0 Å². The number of nitrogens with one attached hydrogen (secondary N) is 1. The Balaban J connectivity index is 1.57. The van der Waals surface area contributed by atoms with Gasteiger partial charge in [0.2, 0.25) is 11.8 Å². The quantitative estimate of drug-likeness (QED) is 0.450. The van der Waals surface area contributed by atoms with E-state index in [0.29, 0.717) is 65.1 Å². The molecule has 0 bridgehead atoms. The average molecular weight is 463 g/mol. The van der Waals surface area contributed by atoms with Crippen molar-refractivity contribution in [2.24, 2.45) is 0 Å². The zero-order valence-corrected chi connectivity index (χ0v) is 18.7. The standard InChI is InChI=1S/C23H22FN7O3/c1-4-18(32)30-7-9-31(10-8-30)21-14-5-6-25-22(19(14)27-23(28-21)33-3)34-20-13(2)16(24)11-17-15(20)12-26-29-17/h4-6,11-12H,1,7-10H2,2-3H3,(H,26,29). The molecule has 4 aromatic rings. The van der Waals surface area contributed by atoms with Crippen molar-refractivity contribution in [1.82, 2.24) is 30.0 Å². The molecule has 174 valence electrons. The van der Waals surface area contributed by atoms with Gasteiger partial charge in [-0.25, -0.2) is 9.37 Å². The molecule has 0 aliphatic carbocycles. The van der Waals surface area contributed by atoms with Crippen LogP contribution in [0.1, 0.15) is 5.56 Å². The second-order valence-corrected chi connectivity index (χ2v) is 7.81. The first-order valence-electron chi connectivity index (χ1n) is 10.7. The number of hydrogen-bond donors (Lipinski definition) is 1. The Kier molecular flexibility index (Phi) is 5.44. The molecular weight excluding hydrogens is 441 g/mol. The highest BCUT2D eigenvalue weighted by Crippen LogP contribution is 2.37. The summed E-state index contributed by atoms with van der Waals surface area (Å²) in [6.45, 7) is 7.41. The summed E-state index contributed by atoms with van der Waals surface area (Å²) in [5.74, 6) is 0.618. The molecule has 0 saturated carbocycles. The maximum atomic E-state index is 14.5. The molecule has 3 aromatic heterocycles. The van der Waals surface area contributed by atoms with E-state index in [1.807, 2.05) is 0 Å². The van der Waals surface area contributed by atoms with E-state index in [1.54, 1.807) is 30.3 Å². The number of aromatic nitrogens is 5. The Hall–Kier alpha value is -4.28. The number of pyridine rings is 1. The normalized spacial score (nSPS) is 14.0. The van der Waals surface area contributed by atoms with Crippen LogP contribution in [-0.4, -0.2) is 69.2 Å². The Morgan fingerprint density at radius 1 is 1.24 bits per heavy atom. The number of carbonyl (C=O) groups is 1. The van der Waals surface area contributed by atoms with E-state index in [1.165, 1.54) is 19.3 Å². The van der Waals surface area contributed by atoms with Crippen LogP contribution in [0.25, 0.3) is 21.8 Å². The first kappa shape index (κ1) is 21.6. The molecule has 34 heavy (non-hydrogen) atoms. The minimum Gasteiger partial charge on any atom is -0.467 e. The number of aromatic amines is 1. The molecule has 1 amide bonds. The zero-order chi connectivity index (χ0) is 23.8. The molecule has 11 heteroatoms. The number of rotatable bonds is 5.